The summed E-state index contributed by atoms with van der Waals surface area (Å²) in [6.07, 6.45) is 6.98. The summed E-state index contributed by atoms with van der Waals surface area (Å²) >= 11 is 0. The molecule has 0 aliphatic rings. The molecule has 0 N–H and O–H groups in total. The van der Waals surface area contributed by atoms with Crippen LogP contribution in [0, 0.1) is 69.2 Å². The van der Waals surface area contributed by atoms with Gasteiger partial charge in [0, 0.05) is 135 Å². The molecule has 516 valence electrons. The first-order valence-corrected chi connectivity index (χ1v) is 34.1. The largest absolute Gasteiger partial charge is 0.437 e. The SMILES string of the molecule is [2H]C(C)(C)c1cc[n+](C)c(-c2c(C)ccc3c2oc2nc(C)ccc23)c1.[2H]C([2H])([2H])C([2H])(C)c1c[n+](C)c(-c2c(C)ccc3c2oc2nc(C)ccc23)cc1C.[2H]C([2H])([2H])C([2H])(C)c1cc[n+](C)c(-c2c(C)ccc3c2oc2nc(C)ccc23)c1.[2H]C([2H])([2H])c1c[n+](C)c(-c2c(C)ccc3c2oc2nc(C)ccc23)cc1C([2H])(C)C([2H])([2H])[2H]. The molecule has 0 amide bonds. The Labute approximate surface area is 621 Å². The van der Waals surface area contributed by atoms with Gasteiger partial charge in [0.25, 0.3) is 0 Å². The zero-order chi connectivity index (χ0) is 86.3. The van der Waals surface area contributed by atoms with Crippen molar-refractivity contribution >= 4 is 88.3 Å². The molecule has 0 saturated carbocycles. The van der Waals surface area contributed by atoms with E-state index in [-0.39, 0.29) is 11.1 Å². The Bertz CT molecular complexity index is 6710. The molecule has 0 bridgehead atoms. The Morgan fingerprint density at radius 2 is 0.627 bits per heavy atom. The molecule has 12 aromatic heterocycles. The van der Waals surface area contributed by atoms with Gasteiger partial charge in [0.2, 0.25) is 45.6 Å². The van der Waals surface area contributed by atoms with E-state index in [2.05, 4.69) is 61.8 Å². The minimum atomic E-state index is -2.73. The lowest BCUT2D eigenvalue weighted by Crippen LogP contribution is -2.32. The number of hydrogen-bond acceptors (Lipinski definition) is 8. The summed E-state index contributed by atoms with van der Waals surface area (Å²) in [6, 6.07) is 43.2. The molecule has 0 saturated heterocycles. The van der Waals surface area contributed by atoms with Crippen LogP contribution in [-0.4, -0.2) is 19.9 Å². The van der Waals surface area contributed by atoms with Crippen molar-refractivity contribution < 1.29 is 57.9 Å². The Morgan fingerprint density at radius 1 is 0.314 bits per heavy atom. The van der Waals surface area contributed by atoms with Crippen molar-refractivity contribution in [3.8, 4) is 45.0 Å². The van der Waals surface area contributed by atoms with E-state index in [9.17, 15) is 0 Å². The van der Waals surface area contributed by atoms with E-state index in [1.165, 1.54) is 33.0 Å². The summed E-state index contributed by atoms with van der Waals surface area (Å²) in [6.45, 7) is 15.3. The molecule has 16 aromatic rings. The summed E-state index contributed by atoms with van der Waals surface area (Å²) in [7, 11) is 7.50. The number of rotatable bonds is 8. The minimum absolute atomic E-state index is 0.0583. The number of fused-ring (bicyclic) bond motifs is 12. The lowest BCUT2D eigenvalue weighted by atomic mass is 9.94. The zero-order valence-electron chi connectivity index (χ0n) is 77.2. The molecule has 12 heterocycles. The summed E-state index contributed by atoms with van der Waals surface area (Å²) < 4.78 is 161. The predicted octanol–water partition coefficient (Wildman–Crippen LogP) is 21.5. The van der Waals surface area contributed by atoms with Gasteiger partial charge < -0.3 is 17.7 Å². The first-order valence-electron chi connectivity index (χ1n) is 42.1. The van der Waals surface area contributed by atoms with E-state index in [0.717, 1.165) is 144 Å². The second-order valence-corrected chi connectivity index (χ2v) is 27.3. The predicted molar refractivity (Wildman–Crippen MR) is 416 cm³/mol. The second-order valence-electron chi connectivity index (χ2n) is 27.3. The second kappa shape index (κ2) is 27.7. The van der Waals surface area contributed by atoms with Gasteiger partial charge in [-0.2, -0.15) is 0 Å². The van der Waals surface area contributed by atoms with Crippen molar-refractivity contribution in [2.45, 2.75) is 148 Å². The standard InChI is InChI=1S/2C23H25N2O.2C22H23N2O/c1-13(2)19-11-20(25(6)12-15(19)4)21-14(3)7-9-17-18-10-8-16(5)24-23(18)26-22(17)21;1-13(2)19-12-25(6)20(11-15(19)4)21-14(3)7-9-17-18-10-8-16(5)24-23(18)26-22(17)21;2*1-13(2)16-10-11-24(5)19(12-16)20-14(3)6-8-17-18-9-7-15(4)23-22(18)25-21(17)20/h2*7-13H,1-6H3;2*6-13H,1-5H3/q4*+1/i1D3,4D3,13D;2*1D3,13D;13D. The van der Waals surface area contributed by atoms with Crippen LogP contribution in [0.5, 0.6) is 0 Å². The molecule has 0 aliphatic carbocycles. The highest BCUT2D eigenvalue weighted by molar-refractivity contribution is 6.12. The molecule has 0 fully saturated rings. The molecule has 4 aromatic carbocycles. The van der Waals surface area contributed by atoms with Gasteiger partial charge in [0.05, 0.1) is 22.3 Å². The van der Waals surface area contributed by atoms with E-state index in [0.29, 0.717) is 56.4 Å². The molecule has 102 heavy (non-hydrogen) atoms. The van der Waals surface area contributed by atoms with E-state index in [1.807, 2.05) is 191 Å². The summed E-state index contributed by atoms with van der Waals surface area (Å²) in [5.74, 6) is -6.20. The highest BCUT2D eigenvalue weighted by Crippen LogP contribution is 2.42. The topological polar surface area (TPSA) is 120 Å². The van der Waals surface area contributed by atoms with E-state index in [4.69, 9.17) is 39.6 Å². The van der Waals surface area contributed by atoms with E-state index < -0.39 is 51.0 Å². The fraction of sp³-hybridized carbons (Fsp3) is 0.289. The average molecular weight is 1370 g/mol. The van der Waals surface area contributed by atoms with Crippen molar-refractivity contribution in [2.24, 2.45) is 28.2 Å². The number of hydrogen-bond donors (Lipinski definition) is 0. The Hall–Kier alpha value is -10.7. The maximum absolute atomic E-state index is 8.64. The number of aryl methyl sites for hydroxylation is 14. The molecule has 12 heteroatoms. The first kappa shape index (κ1) is 52.3. The summed E-state index contributed by atoms with van der Waals surface area (Å²) in [4.78, 5) is 18.1. The van der Waals surface area contributed by atoms with E-state index >= 15 is 0 Å². The molecule has 0 aliphatic heterocycles. The molecule has 0 spiro atoms. The van der Waals surface area contributed by atoms with Gasteiger partial charge in [-0.05, 0) is 186 Å². The third-order valence-corrected chi connectivity index (χ3v) is 19.3. The maximum Gasteiger partial charge on any atom is 0.227 e. The van der Waals surface area contributed by atoms with Crippen LogP contribution >= 0.6 is 0 Å². The number of pyridine rings is 8. The molecular formula is C90H96N8O4+4. The van der Waals surface area contributed by atoms with Crippen molar-refractivity contribution in [3.63, 3.8) is 0 Å². The van der Waals surface area contributed by atoms with Crippen molar-refractivity contribution in [2.75, 3.05) is 0 Å². The van der Waals surface area contributed by atoms with Crippen LogP contribution in [0.3, 0.4) is 0 Å². The third-order valence-electron chi connectivity index (χ3n) is 19.3. The lowest BCUT2D eigenvalue weighted by molar-refractivity contribution is -0.661. The fourth-order valence-electron chi connectivity index (χ4n) is 13.7. The third kappa shape index (κ3) is 13.0. The fourth-order valence-corrected chi connectivity index (χ4v) is 13.7. The Balaban J connectivity index is 0.000000137. The van der Waals surface area contributed by atoms with Crippen molar-refractivity contribution in [1.29, 1.82) is 0 Å². The Morgan fingerprint density at radius 3 is 0.971 bits per heavy atom. The van der Waals surface area contributed by atoms with E-state index in [1.54, 1.807) is 36.1 Å². The zero-order valence-corrected chi connectivity index (χ0v) is 61.2. The molecule has 3 unspecified atom stereocenters. The van der Waals surface area contributed by atoms with Gasteiger partial charge in [-0.1, -0.05) is 104 Å². The van der Waals surface area contributed by atoms with Crippen LogP contribution in [-0.2, 0) is 28.2 Å². The number of benzene rings is 4. The van der Waals surface area contributed by atoms with Gasteiger partial charge in [-0.3, -0.25) is 0 Å². The Kier molecular flexibility index (Phi) is 14.2. The molecule has 0 radical (unpaired) electrons. The first-order chi connectivity index (χ1) is 54.8. The van der Waals surface area contributed by atoms with Gasteiger partial charge in [-0.25, -0.2) is 38.2 Å². The van der Waals surface area contributed by atoms with Crippen LogP contribution in [0.1, 0.15) is 179 Å². The monoisotopic (exact) mass is 1370 g/mol. The van der Waals surface area contributed by atoms with Crippen LogP contribution in [0.2, 0.25) is 0 Å². The molecule has 16 rings (SSSR count). The van der Waals surface area contributed by atoms with Crippen LogP contribution in [0.4, 0.5) is 0 Å². The number of aromatic nitrogens is 8. The summed E-state index contributed by atoms with van der Waals surface area (Å²) in [5.41, 5.74) is 22.2. The minimum Gasteiger partial charge on any atom is -0.437 e. The van der Waals surface area contributed by atoms with Gasteiger partial charge >= 0.3 is 0 Å². The van der Waals surface area contributed by atoms with Gasteiger partial charge in [0.1, 0.15) is 28.2 Å². The number of nitrogens with zero attached hydrogens (tertiary/aromatic N) is 8. The molecule has 3 atom stereocenters. The normalized spacial score (nSPS) is 16.4. The molecule has 12 nitrogen and oxygen atoms in total. The van der Waals surface area contributed by atoms with Crippen LogP contribution in [0.15, 0.2) is 176 Å². The van der Waals surface area contributed by atoms with Crippen molar-refractivity contribution in [1.82, 2.24) is 19.9 Å². The highest BCUT2D eigenvalue weighted by Gasteiger charge is 2.28. The quantitative estimate of drug-likeness (QED) is 0.138. The lowest BCUT2D eigenvalue weighted by Gasteiger charge is -2.12. The van der Waals surface area contributed by atoms with Gasteiger partial charge in [-0.15, -0.1) is 0 Å². The van der Waals surface area contributed by atoms with Gasteiger partial charge in [0.15, 0.2) is 47.1 Å². The van der Waals surface area contributed by atoms with Crippen LogP contribution in [0.25, 0.3) is 133 Å². The van der Waals surface area contributed by atoms with Crippen LogP contribution < -0.4 is 18.3 Å². The average Bonchev–Trinajstić information content (AvgIpc) is 0.840. The number of furan rings is 4. The highest BCUT2D eigenvalue weighted by atomic mass is 16.4. The van der Waals surface area contributed by atoms with Crippen molar-refractivity contribution in [3.05, 3.63) is 237 Å². The molecular weight excluding hydrogens is 1260 g/mol. The summed E-state index contributed by atoms with van der Waals surface area (Å²) in [5, 5.41) is 7.67. The smallest absolute Gasteiger partial charge is 0.227 e. The maximum atomic E-state index is 8.64.